The lowest BCUT2D eigenvalue weighted by atomic mass is 10.1. The molecule has 0 aliphatic carbocycles. The average molecular weight is 280 g/mol. The van der Waals surface area contributed by atoms with Crippen LogP contribution in [-0.2, 0) is 11.3 Å². The predicted molar refractivity (Wildman–Crippen MR) is 84.1 cm³/mol. The lowest BCUT2D eigenvalue weighted by molar-refractivity contribution is 0.178. The van der Waals surface area contributed by atoms with Crippen molar-refractivity contribution in [1.82, 2.24) is 9.97 Å². The third-order valence-electron chi connectivity index (χ3n) is 3.04. The maximum absolute atomic E-state index is 5.12. The summed E-state index contributed by atoms with van der Waals surface area (Å²) >= 11 is 0. The van der Waals surface area contributed by atoms with Crippen molar-refractivity contribution >= 4 is 11.6 Å². The summed E-state index contributed by atoms with van der Waals surface area (Å²) in [6.45, 7) is 7.74. The molecule has 0 saturated heterocycles. The van der Waals surface area contributed by atoms with Gasteiger partial charge >= 0.3 is 0 Å². The summed E-state index contributed by atoms with van der Waals surface area (Å²) in [4.78, 5) is 8.89. The third-order valence-corrected chi connectivity index (χ3v) is 3.04. The molecule has 0 aliphatic rings. The lowest BCUT2D eigenvalue weighted by Gasteiger charge is -2.16. The Bertz CT molecular complexity index is 360. The molecule has 0 amide bonds. The Balaban J connectivity index is 2.66. The molecule has 0 spiro atoms. The standard InChI is InChI=1S/C15H28N4O/c1-5-7-8-9-12(3)17-14-10-13(16-6-2)18-15(19-14)11-20-4/h10,12H,5-9,11H2,1-4H3,(H2,16,17,18,19). The van der Waals surface area contributed by atoms with Crippen LogP contribution in [0.25, 0.3) is 0 Å². The van der Waals surface area contributed by atoms with Gasteiger partial charge in [-0.3, -0.25) is 0 Å². The van der Waals surface area contributed by atoms with Crippen LogP contribution < -0.4 is 10.6 Å². The van der Waals surface area contributed by atoms with E-state index in [1.807, 2.05) is 6.07 Å². The molecule has 0 aliphatic heterocycles. The van der Waals surface area contributed by atoms with E-state index in [2.05, 4.69) is 41.4 Å². The van der Waals surface area contributed by atoms with Crippen LogP contribution in [-0.4, -0.2) is 29.7 Å². The SMILES string of the molecule is CCCCCC(C)Nc1cc(NCC)nc(COC)n1. The van der Waals surface area contributed by atoms with Crippen LogP contribution in [0.5, 0.6) is 0 Å². The third kappa shape index (κ3) is 6.19. The van der Waals surface area contributed by atoms with Crippen molar-refractivity contribution in [1.29, 1.82) is 0 Å². The van der Waals surface area contributed by atoms with Crippen molar-refractivity contribution in [2.75, 3.05) is 24.3 Å². The van der Waals surface area contributed by atoms with Crippen LogP contribution in [0.15, 0.2) is 6.07 Å². The molecule has 20 heavy (non-hydrogen) atoms. The maximum atomic E-state index is 5.12. The minimum atomic E-state index is 0.418. The van der Waals surface area contributed by atoms with E-state index in [4.69, 9.17) is 4.74 Å². The summed E-state index contributed by atoms with van der Waals surface area (Å²) in [6.07, 6.45) is 4.95. The second-order valence-electron chi connectivity index (χ2n) is 5.06. The molecule has 1 atom stereocenters. The molecule has 0 radical (unpaired) electrons. The Morgan fingerprint density at radius 1 is 1.20 bits per heavy atom. The largest absolute Gasteiger partial charge is 0.377 e. The smallest absolute Gasteiger partial charge is 0.158 e. The zero-order valence-corrected chi connectivity index (χ0v) is 13.2. The minimum Gasteiger partial charge on any atom is -0.377 e. The first-order valence-corrected chi connectivity index (χ1v) is 7.56. The van der Waals surface area contributed by atoms with Gasteiger partial charge in [0.1, 0.15) is 18.2 Å². The van der Waals surface area contributed by atoms with Gasteiger partial charge in [0.15, 0.2) is 5.82 Å². The number of methoxy groups -OCH3 is 1. The first kappa shape index (κ1) is 16.7. The van der Waals surface area contributed by atoms with Crippen LogP contribution in [0.1, 0.15) is 52.3 Å². The Morgan fingerprint density at radius 2 is 1.95 bits per heavy atom. The van der Waals surface area contributed by atoms with Crippen molar-refractivity contribution in [3.8, 4) is 0 Å². The molecule has 114 valence electrons. The van der Waals surface area contributed by atoms with E-state index in [1.54, 1.807) is 7.11 Å². The molecular weight excluding hydrogens is 252 g/mol. The fourth-order valence-electron chi connectivity index (χ4n) is 2.06. The maximum Gasteiger partial charge on any atom is 0.158 e. The molecule has 0 saturated carbocycles. The second-order valence-corrected chi connectivity index (χ2v) is 5.06. The molecular formula is C15H28N4O. The monoisotopic (exact) mass is 280 g/mol. The van der Waals surface area contributed by atoms with Gasteiger partial charge in [-0.2, -0.15) is 0 Å². The van der Waals surface area contributed by atoms with Gasteiger partial charge in [-0.05, 0) is 20.3 Å². The van der Waals surface area contributed by atoms with Crippen molar-refractivity contribution in [3.05, 3.63) is 11.9 Å². The van der Waals surface area contributed by atoms with Gasteiger partial charge in [0.05, 0.1) is 0 Å². The second kappa shape index (κ2) is 9.53. The van der Waals surface area contributed by atoms with Gasteiger partial charge in [0.25, 0.3) is 0 Å². The fourth-order valence-corrected chi connectivity index (χ4v) is 2.06. The highest BCUT2D eigenvalue weighted by molar-refractivity contribution is 5.47. The van der Waals surface area contributed by atoms with Crippen LogP contribution in [0.4, 0.5) is 11.6 Å². The summed E-state index contributed by atoms with van der Waals surface area (Å²) in [5, 5.41) is 6.68. The highest BCUT2D eigenvalue weighted by Gasteiger charge is 2.07. The fraction of sp³-hybridized carbons (Fsp3) is 0.733. The van der Waals surface area contributed by atoms with Crippen LogP contribution >= 0.6 is 0 Å². The summed E-state index contributed by atoms with van der Waals surface area (Å²) in [5.74, 6) is 2.42. The number of ether oxygens (including phenoxy) is 1. The zero-order chi connectivity index (χ0) is 14.8. The van der Waals surface area contributed by atoms with E-state index in [1.165, 1.54) is 19.3 Å². The number of rotatable bonds is 10. The number of nitrogens with zero attached hydrogens (tertiary/aromatic N) is 2. The predicted octanol–water partition coefficient (Wildman–Crippen LogP) is 3.44. The highest BCUT2D eigenvalue weighted by Crippen LogP contribution is 2.14. The number of hydrogen-bond acceptors (Lipinski definition) is 5. The molecule has 0 aromatic carbocycles. The van der Waals surface area contributed by atoms with E-state index >= 15 is 0 Å². The van der Waals surface area contributed by atoms with Gasteiger partial charge in [-0.15, -0.1) is 0 Å². The molecule has 5 heteroatoms. The van der Waals surface area contributed by atoms with E-state index < -0.39 is 0 Å². The zero-order valence-electron chi connectivity index (χ0n) is 13.2. The topological polar surface area (TPSA) is 59.1 Å². The molecule has 1 aromatic heterocycles. The molecule has 5 nitrogen and oxygen atoms in total. The summed E-state index contributed by atoms with van der Waals surface area (Å²) < 4.78 is 5.12. The van der Waals surface area contributed by atoms with Gasteiger partial charge in [-0.1, -0.05) is 26.2 Å². The quantitative estimate of drug-likeness (QED) is 0.643. The van der Waals surface area contributed by atoms with E-state index in [-0.39, 0.29) is 0 Å². The summed E-state index contributed by atoms with van der Waals surface area (Å²) in [5.41, 5.74) is 0. The van der Waals surface area contributed by atoms with Crippen LogP contribution in [0.2, 0.25) is 0 Å². The summed E-state index contributed by atoms with van der Waals surface area (Å²) in [7, 11) is 1.66. The number of unbranched alkanes of at least 4 members (excludes halogenated alkanes) is 2. The molecule has 2 N–H and O–H groups in total. The van der Waals surface area contributed by atoms with Gasteiger partial charge < -0.3 is 15.4 Å². The molecule has 1 heterocycles. The van der Waals surface area contributed by atoms with Crippen molar-refractivity contribution < 1.29 is 4.74 Å². The van der Waals surface area contributed by atoms with Crippen molar-refractivity contribution in [2.24, 2.45) is 0 Å². The van der Waals surface area contributed by atoms with Crippen LogP contribution in [0, 0.1) is 0 Å². The first-order valence-electron chi connectivity index (χ1n) is 7.56. The molecule has 0 bridgehead atoms. The van der Waals surface area contributed by atoms with Crippen LogP contribution in [0.3, 0.4) is 0 Å². The Morgan fingerprint density at radius 3 is 2.60 bits per heavy atom. The number of hydrogen-bond donors (Lipinski definition) is 2. The Kier molecular flexibility index (Phi) is 7.95. The average Bonchev–Trinajstić information content (AvgIpc) is 2.39. The lowest BCUT2D eigenvalue weighted by Crippen LogP contribution is -2.17. The first-order chi connectivity index (χ1) is 9.69. The molecule has 1 unspecified atom stereocenters. The summed E-state index contributed by atoms with van der Waals surface area (Å²) in [6, 6.07) is 2.38. The number of aromatic nitrogens is 2. The van der Waals surface area contributed by atoms with Gasteiger partial charge in [0.2, 0.25) is 0 Å². The molecule has 0 fully saturated rings. The highest BCUT2D eigenvalue weighted by atomic mass is 16.5. The number of nitrogens with one attached hydrogen (secondary N) is 2. The molecule has 1 rings (SSSR count). The molecule has 1 aromatic rings. The van der Waals surface area contributed by atoms with Crippen molar-refractivity contribution in [3.63, 3.8) is 0 Å². The van der Waals surface area contributed by atoms with Crippen molar-refractivity contribution in [2.45, 2.75) is 59.1 Å². The minimum absolute atomic E-state index is 0.418. The van der Waals surface area contributed by atoms with E-state index in [0.29, 0.717) is 18.5 Å². The normalized spacial score (nSPS) is 12.2. The van der Waals surface area contributed by atoms with Gasteiger partial charge in [-0.25, -0.2) is 9.97 Å². The van der Waals surface area contributed by atoms with E-state index in [0.717, 1.165) is 24.6 Å². The Labute approximate surface area is 122 Å². The number of anilines is 2. The van der Waals surface area contributed by atoms with Gasteiger partial charge in [0, 0.05) is 25.8 Å². The Hall–Kier alpha value is -1.36. The van der Waals surface area contributed by atoms with E-state index in [9.17, 15) is 0 Å².